The Morgan fingerprint density at radius 2 is 2.14 bits per heavy atom. The zero-order valence-corrected chi connectivity index (χ0v) is 11.7. The fraction of sp³-hybridized carbons (Fsp3) is 0.467. The van der Waals surface area contributed by atoms with Crippen LogP contribution < -0.4 is 20.7 Å². The van der Waals surface area contributed by atoms with Crippen LogP contribution in [-0.2, 0) is 9.59 Å². The van der Waals surface area contributed by atoms with Crippen molar-refractivity contribution in [3.63, 3.8) is 0 Å². The number of piperidine rings is 1. The maximum atomic E-state index is 12.8. The van der Waals surface area contributed by atoms with Gasteiger partial charge < -0.3 is 20.7 Å². The molecule has 0 spiro atoms. The van der Waals surface area contributed by atoms with Gasteiger partial charge in [0.15, 0.2) is 6.10 Å². The number of nitrogens with zero attached hydrogens (tertiary/aromatic N) is 1. The summed E-state index contributed by atoms with van der Waals surface area (Å²) in [5, 5.41) is 3.24. The van der Waals surface area contributed by atoms with Crippen LogP contribution in [0.15, 0.2) is 24.3 Å². The zero-order valence-electron chi connectivity index (χ0n) is 11.7. The molecule has 2 atom stereocenters. The molecule has 0 bridgehead atoms. The average Bonchev–Trinajstić information content (AvgIpc) is 2.54. The van der Waals surface area contributed by atoms with Crippen molar-refractivity contribution in [3.05, 3.63) is 24.3 Å². The Kier molecular flexibility index (Phi) is 3.79. The molecule has 3 rings (SSSR count). The number of benzene rings is 1. The Morgan fingerprint density at radius 1 is 1.33 bits per heavy atom. The first-order valence-electron chi connectivity index (χ1n) is 7.24. The van der Waals surface area contributed by atoms with Crippen LogP contribution in [0.25, 0.3) is 0 Å². The molecule has 0 radical (unpaired) electrons. The number of nitrogens with two attached hydrogens (primary N) is 1. The van der Waals surface area contributed by atoms with E-state index in [1.165, 1.54) is 0 Å². The summed E-state index contributed by atoms with van der Waals surface area (Å²) in [5.74, 6) is -0.0450. The number of ether oxygens (including phenoxy) is 1. The molecule has 1 fully saturated rings. The maximum Gasteiger partial charge on any atom is 0.260 e. The van der Waals surface area contributed by atoms with Gasteiger partial charge in [-0.15, -0.1) is 0 Å². The molecule has 1 aromatic rings. The summed E-state index contributed by atoms with van der Waals surface area (Å²) in [4.78, 5) is 25.9. The topological polar surface area (TPSA) is 84.7 Å². The van der Waals surface area contributed by atoms with E-state index in [2.05, 4.69) is 5.32 Å². The molecule has 1 saturated heterocycles. The maximum absolute atomic E-state index is 12.8. The minimum Gasteiger partial charge on any atom is -0.477 e. The van der Waals surface area contributed by atoms with Gasteiger partial charge in [0.05, 0.1) is 18.2 Å². The smallest absolute Gasteiger partial charge is 0.260 e. The molecule has 2 aliphatic heterocycles. The third-order valence-electron chi connectivity index (χ3n) is 4.00. The highest BCUT2D eigenvalue weighted by Crippen LogP contribution is 2.34. The van der Waals surface area contributed by atoms with Crippen molar-refractivity contribution in [2.75, 3.05) is 24.5 Å². The molecular formula is C15H19N3O3. The predicted molar refractivity (Wildman–Crippen MR) is 78.0 cm³/mol. The molecular weight excluding hydrogens is 270 g/mol. The van der Waals surface area contributed by atoms with E-state index in [9.17, 15) is 9.59 Å². The third kappa shape index (κ3) is 2.71. The van der Waals surface area contributed by atoms with Crippen LogP contribution in [0, 0.1) is 5.92 Å². The van der Waals surface area contributed by atoms with Crippen molar-refractivity contribution in [2.45, 2.75) is 18.9 Å². The number of primary amides is 1. The molecule has 3 N–H and O–H groups in total. The van der Waals surface area contributed by atoms with Gasteiger partial charge >= 0.3 is 0 Å². The molecule has 21 heavy (non-hydrogen) atoms. The number of carbonyl (C=O) groups is 2. The lowest BCUT2D eigenvalue weighted by atomic mass is 9.97. The van der Waals surface area contributed by atoms with Crippen molar-refractivity contribution in [1.29, 1.82) is 0 Å². The molecule has 6 heteroatoms. The van der Waals surface area contributed by atoms with Crippen molar-refractivity contribution < 1.29 is 14.3 Å². The minimum absolute atomic E-state index is 0.0317. The molecule has 2 unspecified atom stereocenters. The first-order chi connectivity index (χ1) is 10.2. The summed E-state index contributed by atoms with van der Waals surface area (Å²) in [5.41, 5.74) is 6.06. The lowest BCUT2D eigenvalue weighted by Gasteiger charge is -2.36. The van der Waals surface area contributed by atoms with E-state index in [1.54, 1.807) is 11.0 Å². The number of nitrogens with one attached hydrogen (secondary N) is 1. The Labute approximate surface area is 123 Å². The summed E-state index contributed by atoms with van der Waals surface area (Å²) in [6.45, 7) is 1.81. The first kappa shape index (κ1) is 13.9. The van der Waals surface area contributed by atoms with E-state index in [1.807, 2.05) is 18.2 Å². The molecule has 6 nitrogen and oxygen atoms in total. The van der Waals surface area contributed by atoms with Crippen LogP contribution in [-0.4, -0.2) is 37.6 Å². The number of fused-ring (bicyclic) bond motifs is 1. The lowest BCUT2D eigenvalue weighted by molar-refractivity contribution is -0.126. The van der Waals surface area contributed by atoms with E-state index in [4.69, 9.17) is 10.5 Å². The Hall–Kier alpha value is -2.08. The average molecular weight is 289 g/mol. The van der Waals surface area contributed by atoms with E-state index < -0.39 is 12.0 Å². The quantitative estimate of drug-likeness (QED) is 0.818. The summed E-state index contributed by atoms with van der Waals surface area (Å²) < 4.78 is 5.58. The van der Waals surface area contributed by atoms with Crippen molar-refractivity contribution >= 4 is 17.5 Å². The second-order valence-corrected chi connectivity index (χ2v) is 5.47. The van der Waals surface area contributed by atoms with Crippen molar-refractivity contribution in [2.24, 2.45) is 11.7 Å². The molecule has 2 aliphatic rings. The molecule has 0 saturated carbocycles. The number of hydrogen-bond donors (Lipinski definition) is 2. The molecule has 0 aromatic heterocycles. The van der Waals surface area contributed by atoms with Gasteiger partial charge in [-0.05, 0) is 31.5 Å². The van der Waals surface area contributed by atoms with Gasteiger partial charge in [-0.3, -0.25) is 9.59 Å². The largest absolute Gasteiger partial charge is 0.477 e. The molecule has 112 valence electrons. The second-order valence-electron chi connectivity index (χ2n) is 5.47. The highest BCUT2D eigenvalue weighted by molar-refractivity contribution is 5.98. The van der Waals surface area contributed by atoms with Gasteiger partial charge in [0.25, 0.3) is 5.91 Å². The van der Waals surface area contributed by atoms with Gasteiger partial charge in [0.1, 0.15) is 5.75 Å². The van der Waals surface area contributed by atoms with Crippen LogP contribution in [0.2, 0.25) is 0 Å². The molecule has 2 amide bonds. The lowest BCUT2D eigenvalue weighted by Crippen LogP contribution is -2.52. The van der Waals surface area contributed by atoms with Crippen LogP contribution in [0.1, 0.15) is 12.8 Å². The van der Waals surface area contributed by atoms with Gasteiger partial charge in [-0.25, -0.2) is 0 Å². The highest BCUT2D eigenvalue weighted by atomic mass is 16.5. The van der Waals surface area contributed by atoms with Crippen LogP contribution in [0.5, 0.6) is 5.75 Å². The fourth-order valence-corrected chi connectivity index (χ4v) is 2.87. The second kappa shape index (κ2) is 5.73. The van der Waals surface area contributed by atoms with E-state index >= 15 is 0 Å². The number of hydrogen-bond acceptors (Lipinski definition) is 4. The van der Waals surface area contributed by atoms with Crippen molar-refractivity contribution in [1.82, 2.24) is 5.32 Å². The van der Waals surface area contributed by atoms with E-state index in [0.717, 1.165) is 19.4 Å². The van der Waals surface area contributed by atoms with Gasteiger partial charge in [0.2, 0.25) is 5.91 Å². The van der Waals surface area contributed by atoms with Crippen molar-refractivity contribution in [3.8, 4) is 5.75 Å². The van der Waals surface area contributed by atoms with Gasteiger partial charge in [0, 0.05) is 6.54 Å². The third-order valence-corrected chi connectivity index (χ3v) is 4.00. The number of anilines is 1. The Bertz CT molecular complexity index is 555. The van der Waals surface area contributed by atoms with Gasteiger partial charge in [-0.1, -0.05) is 12.1 Å². The number of rotatable bonds is 2. The van der Waals surface area contributed by atoms with Gasteiger partial charge in [-0.2, -0.15) is 0 Å². The highest BCUT2D eigenvalue weighted by Gasteiger charge is 2.35. The normalized spacial score (nSPS) is 24.9. The van der Waals surface area contributed by atoms with Crippen LogP contribution in [0.3, 0.4) is 0 Å². The number of para-hydroxylation sites is 2. The molecule has 1 aromatic carbocycles. The summed E-state index contributed by atoms with van der Waals surface area (Å²) in [7, 11) is 0. The first-order valence-corrected chi connectivity index (χ1v) is 7.24. The summed E-state index contributed by atoms with van der Waals surface area (Å²) in [6, 6.07) is 7.25. The fourth-order valence-electron chi connectivity index (χ4n) is 2.87. The monoisotopic (exact) mass is 289 g/mol. The zero-order chi connectivity index (χ0) is 14.8. The van der Waals surface area contributed by atoms with Crippen LogP contribution in [0.4, 0.5) is 5.69 Å². The number of amides is 2. The van der Waals surface area contributed by atoms with E-state index in [-0.39, 0.29) is 18.4 Å². The summed E-state index contributed by atoms with van der Waals surface area (Å²) >= 11 is 0. The minimum atomic E-state index is -0.791. The van der Waals surface area contributed by atoms with E-state index in [0.29, 0.717) is 18.0 Å². The molecule has 0 aliphatic carbocycles. The molecule has 2 heterocycles. The van der Waals surface area contributed by atoms with Crippen LogP contribution >= 0.6 is 0 Å². The SMILES string of the molecule is NC(=O)C1CN(C(=O)C2CCCNC2)c2ccccc2O1. The predicted octanol–water partition coefficient (Wildman–Crippen LogP) is 0.265. The Balaban J connectivity index is 1.88. The Morgan fingerprint density at radius 3 is 2.86 bits per heavy atom. The standard InChI is InChI=1S/C15H19N3O3/c16-14(19)13-9-18(11-5-1-2-6-12(11)21-13)15(20)10-4-3-7-17-8-10/h1-2,5-6,10,13,17H,3-4,7-9H2,(H2,16,19). The summed E-state index contributed by atoms with van der Waals surface area (Å²) in [6.07, 6.45) is 1.06. The number of carbonyl (C=O) groups excluding carboxylic acids is 2.